The second-order valence-corrected chi connectivity index (χ2v) is 9.72. The Morgan fingerprint density at radius 1 is 1.05 bits per heavy atom. The van der Waals surface area contributed by atoms with Crippen LogP contribution in [0.3, 0.4) is 0 Å². The SMILES string of the molecule is O=C(O)CCCCc1nc2cc(C(=O)NC3CCC(=O)Nc4ccccc43)ccc2nc1C1C=CC=CC1. The minimum Gasteiger partial charge on any atom is -0.481 e. The number of aromatic nitrogens is 2. The molecular formula is C30H30N4O4. The maximum Gasteiger partial charge on any atom is 0.303 e. The Bertz CT molecular complexity index is 1450. The van der Waals surface area contributed by atoms with Crippen molar-refractivity contribution in [1.29, 1.82) is 0 Å². The smallest absolute Gasteiger partial charge is 0.303 e. The lowest BCUT2D eigenvalue weighted by atomic mass is 9.93. The van der Waals surface area contributed by atoms with Gasteiger partial charge in [0, 0.05) is 30.0 Å². The third-order valence-electron chi connectivity index (χ3n) is 6.99. The molecule has 2 aromatic carbocycles. The van der Waals surface area contributed by atoms with Crippen LogP contribution in [0.2, 0.25) is 0 Å². The number of para-hydroxylation sites is 1. The largest absolute Gasteiger partial charge is 0.481 e. The maximum absolute atomic E-state index is 13.3. The van der Waals surface area contributed by atoms with Gasteiger partial charge >= 0.3 is 5.97 Å². The van der Waals surface area contributed by atoms with Crippen LogP contribution in [0.4, 0.5) is 5.69 Å². The van der Waals surface area contributed by atoms with Crippen LogP contribution in [0.5, 0.6) is 0 Å². The van der Waals surface area contributed by atoms with Crippen LogP contribution in [0.15, 0.2) is 66.8 Å². The Balaban J connectivity index is 1.41. The first-order valence-corrected chi connectivity index (χ1v) is 13.0. The Morgan fingerprint density at radius 2 is 1.92 bits per heavy atom. The molecule has 1 aromatic heterocycles. The van der Waals surface area contributed by atoms with Crippen molar-refractivity contribution >= 4 is 34.5 Å². The van der Waals surface area contributed by atoms with Gasteiger partial charge in [0.05, 0.1) is 28.5 Å². The molecule has 0 bridgehead atoms. The Morgan fingerprint density at radius 3 is 2.74 bits per heavy atom. The molecular weight excluding hydrogens is 480 g/mol. The number of nitrogens with one attached hydrogen (secondary N) is 2. The Labute approximate surface area is 220 Å². The van der Waals surface area contributed by atoms with Gasteiger partial charge in [0.15, 0.2) is 0 Å². The summed E-state index contributed by atoms with van der Waals surface area (Å²) in [7, 11) is 0. The maximum atomic E-state index is 13.3. The molecule has 5 rings (SSSR count). The van der Waals surface area contributed by atoms with Crippen molar-refractivity contribution < 1.29 is 19.5 Å². The summed E-state index contributed by atoms with van der Waals surface area (Å²) in [4.78, 5) is 46.2. The topological polar surface area (TPSA) is 121 Å². The van der Waals surface area contributed by atoms with Crippen molar-refractivity contribution in [3.05, 3.63) is 89.3 Å². The predicted molar refractivity (Wildman–Crippen MR) is 145 cm³/mol. The van der Waals surface area contributed by atoms with E-state index in [1.807, 2.05) is 42.5 Å². The highest BCUT2D eigenvalue weighted by Crippen LogP contribution is 2.31. The second kappa shape index (κ2) is 11.4. The molecule has 194 valence electrons. The molecule has 38 heavy (non-hydrogen) atoms. The number of aliphatic carboxylic acids is 1. The summed E-state index contributed by atoms with van der Waals surface area (Å²) in [6.07, 6.45) is 11.9. The molecule has 0 spiro atoms. The van der Waals surface area contributed by atoms with Gasteiger partial charge in [0.25, 0.3) is 5.91 Å². The molecule has 2 heterocycles. The van der Waals surface area contributed by atoms with E-state index < -0.39 is 5.97 Å². The monoisotopic (exact) mass is 510 g/mol. The molecule has 3 N–H and O–H groups in total. The molecule has 2 aliphatic rings. The van der Waals surface area contributed by atoms with Crippen molar-refractivity contribution in [3.63, 3.8) is 0 Å². The summed E-state index contributed by atoms with van der Waals surface area (Å²) in [6.45, 7) is 0. The number of anilines is 1. The fourth-order valence-corrected chi connectivity index (χ4v) is 5.03. The van der Waals surface area contributed by atoms with E-state index in [-0.39, 0.29) is 30.2 Å². The fourth-order valence-electron chi connectivity index (χ4n) is 5.03. The first-order valence-electron chi connectivity index (χ1n) is 13.0. The van der Waals surface area contributed by atoms with Crippen molar-refractivity contribution in [3.8, 4) is 0 Å². The number of carbonyl (C=O) groups is 3. The average molecular weight is 511 g/mol. The van der Waals surface area contributed by atoms with E-state index >= 15 is 0 Å². The van der Waals surface area contributed by atoms with Crippen LogP contribution in [-0.2, 0) is 16.0 Å². The van der Waals surface area contributed by atoms with Crippen LogP contribution < -0.4 is 10.6 Å². The van der Waals surface area contributed by atoms with Gasteiger partial charge in [0.2, 0.25) is 5.91 Å². The number of nitrogens with zero attached hydrogens (tertiary/aromatic N) is 2. The van der Waals surface area contributed by atoms with E-state index in [0.29, 0.717) is 48.7 Å². The van der Waals surface area contributed by atoms with Gasteiger partial charge in [0.1, 0.15) is 0 Å². The number of fused-ring (bicyclic) bond motifs is 2. The summed E-state index contributed by atoms with van der Waals surface area (Å²) < 4.78 is 0. The summed E-state index contributed by atoms with van der Waals surface area (Å²) in [5.74, 6) is -0.997. The molecule has 8 nitrogen and oxygen atoms in total. The number of aryl methyl sites for hydroxylation is 1. The average Bonchev–Trinajstić information content (AvgIpc) is 3.08. The number of carboxylic acids is 1. The minimum absolute atomic E-state index is 0.0647. The number of hydrogen-bond acceptors (Lipinski definition) is 5. The number of rotatable bonds is 8. The van der Waals surface area contributed by atoms with E-state index in [0.717, 1.165) is 29.1 Å². The number of carboxylic acid groups (broad SMARTS) is 1. The Kier molecular flexibility index (Phi) is 7.58. The normalized spacial score (nSPS) is 18.5. The summed E-state index contributed by atoms with van der Waals surface area (Å²) >= 11 is 0. The van der Waals surface area contributed by atoms with Crippen molar-refractivity contribution in [2.45, 2.75) is 56.9 Å². The van der Waals surface area contributed by atoms with Gasteiger partial charge in [-0.25, -0.2) is 9.97 Å². The highest BCUT2D eigenvalue weighted by molar-refractivity contribution is 5.98. The van der Waals surface area contributed by atoms with E-state index in [9.17, 15) is 14.4 Å². The molecule has 8 heteroatoms. The van der Waals surface area contributed by atoms with E-state index in [1.54, 1.807) is 12.1 Å². The molecule has 0 fully saturated rings. The summed E-state index contributed by atoms with van der Waals surface area (Å²) in [5.41, 5.74) is 5.15. The molecule has 0 saturated heterocycles. The quantitative estimate of drug-likeness (QED) is 0.357. The second-order valence-electron chi connectivity index (χ2n) is 9.72. The summed E-state index contributed by atoms with van der Waals surface area (Å²) in [5, 5.41) is 15.0. The molecule has 2 amide bonds. The highest BCUT2D eigenvalue weighted by atomic mass is 16.4. The molecule has 0 saturated carbocycles. The fraction of sp³-hybridized carbons (Fsp3) is 0.300. The van der Waals surface area contributed by atoms with Gasteiger partial charge in [-0.05, 0) is 61.9 Å². The molecule has 3 aromatic rings. The van der Waals surface area contributed by atoms with Gasteiger partial charge in [-0.3, -0.25) is 14.4 Å². The molecule has 0 radical (unpaired) electrons. The predicted octanol–water partition coefficient (Wildman–Crippen LogP) is 5.23. The number of allylic oxidation sites excluding steroid dienone is 4. The van der Waals surface area contributed by atoms with Crippen LogP contribution in [0, 0.1) is 0 Å². The lowest BCUT2D eigenvalue weighted by Gasteiger charge is -2.19. The lowest BCUT2D eigenvalue weighted by molar-refractivity contribution is -0.137. The van der Waals surface area contributed by atoms with Gasteiger partial charge in [-0.1, -0.05) is 42.5 Å². The number of benzene rings is 2. The number of hydrogen-bond donors (Lipinski definition) is 3. The number of unbranched alkanes of at least 4 members (excludes halogenated alkanes) is 1. The molecule has 2 atom stereocenters. The van der Waals surface area contributed by atoms with E-state index in [1.165, 1.54) is 0 Å². The molecule has 1 aliphatic heterocycles. The molecule has 1 aliphatic carbocycles. The third kappa shape index (κ3) is 5.80. The van der Waals surface area contributed by atoms with Crippen LogP contribution in [-0.4, -0.2) is 32.9 Å². The third-order valence-corrected chi connectivity index (χ3v) is 6.99. The van der Waals surface area contributed by atoms with Crippen LogP contribution in [0.25, 0.3) is 11.0 Å². The van der Waals surface area contributed by atoms with E-state index in [2.05, 4.69) is 22.8 Å². The highest BCUT2D eigenvalue weighted by Gasteiger charge is 2.24. The zero-order valence-corrected chi connectivity index (χ0v) is 21.0. The summed E-state index contributed by atoms with van der Waals surface area (Å²) in [6, 6.07) is 12.6. The standard InChI is InChI=1S/C30H30N4O4/c35-27-17-16-23(21-10-4-5-11-22(21)32-27)34-30(38)20-14-15-24-26(18-20)31-25(12-6-7-13-28(36)37)29(33-24)19-8-2-1-3-9-19/h1-5,8,10-11,14-15,18-19,23H,6-7,9,12-13,16-17H2,(H,32,35)(H,34,38)(H,36,37). The van der Waals surface area contributed by atoms with Crippen molar-refractivity contribution in [1.82, 2.24) is 15.3 Å². The number of carbonyl (C=O) groups excluding carboxylic acids is 2. The molecule has 2 unspecified atom stereocenters. The zero-order chi connectivity index (χ0) is 26.5. The first-order chi connectivity index (χ1) is 18.5. The van der Waals surface area contributed by atoms with E-state index in [4.69, 9.17) is 15.1 Å². The Hall–Kier alpha value is -4.33. The zero-order valence-electron chi connectivity index (χ0n) is 21.0. The lowest BCUT2D eigenvalue weighted by Crippen LogP contribution is -2.28. The van der Waals surface area contributed by atoms with Gasteiger partial charge in [-0.2, -0.15) is 0 Å². The minimum atomic E-state index is -0.803. The van der Waals surface area contributed by atoms with Gasteiger partial charge in [-0.15, -0.1) is 0 Å². The van der Waals surface area contributed by atoms with Crippen LogP contribution in [0.1, 0.15) is 77.8 Å². The van der Waals surface area contributed by atoms with Gasteiger partial charge < -0.3 is 15.7 Å². The van der Waals surface area contributed by atoms with Crippen molar-refractivity contribution in [2.75, 3.05) is 5.32 Å². The first kappa shape index (κ1) is 25.3. The van der Waals surface area contributed by atoms with Crippen molar-refractivity contribution in [2.24, 2.45) is 0 Å². The number of amides is 2. The van der Waals surface area contributed by atoms with Crippen LogP contribution >= 0.6 is 0 Å².